The molecule has 0 saturated heterocycles. The maximum atomic E-state index is 8.75. The van der Waals surface area contributed by atoms with Gasteiger partial charge < -0.3 is 5.11 Å². The molecule has 0 aliphatic rings. The van der Waals surface area contributed by atoms with Crippen LogP contribution >= 0.6 is 0 Å². The Kier molecular flexibility index (Phi) is 15.5. The van der Waals surface area contributed by atoms with E-state index in [0.717, 1.165) is 6.42 Å². The molecule has 0 aromatic heterocycles. The molecular formula is C18H36O. The standard InChI is InChI=1S/C18H36O/c1-3-4-5-6-7-8-9-10-11-12-13-14-15-18(2)16-17-19/h16,19H,3-15,17H2,1-2H3. The van der Waals surface area contributed by atoms with Crippen molar-refractivity contribution in [1.29, 1.82) is 0 Å². The number of rotatable bonds is 14. The van der Waals surface area contributed by atoms with Crippen LogP contribution in [-0.4, -0.2) is 11.7 Å². The first-order valence-electron chi connectivity index (χ1n) is 8.57. The van der Waals surface area contributed by atoms with Gasteiger partial charge in [0.1, 0.15) is 0 Å². The first kappa shape index (κ1) is 18.7. The van der Waals surface area contributed by atoms with E-state index in [4.69, 9.17) is 5.11 Å². The van der Waals surface area contributed by atoms with Crippen molar-refractivity contribution >= 4 is 0 Å². The molecule has 0 amide bonds. The molecule has 0 atom stereocenters. The number of unbranched alkanes of at least 4 members (excludes halogenated alkanes) is 11. The summed E-state index contributed by atoms with van der Waals surface area (Å²) in [6, 6.07) is 0. The Balaban J connectivity index is 3.05. The Morgan fingerprint density at radius 3 is 1.58 bits per heavy atom. The smallest absolute Gasteiger partial charge is 0.0614 e. The maximum absolute atomic E-state index is 8.75. The Hall–Kier alpha value is -0.300. The second-order valence-corrected chi connectivity index (χ2v) is 5.87. The summed E-state index contributed by atoms with van der Waals surface area (Å²) in [6.45, 7) is 4.60. The molecule has 0 aliphatic heterocycles. The topological polar surface area (TPSA) is 20.2 Å². The fraction of sp³-hybridized carbons (Fsp3) is 0.889. The van der Waals surface area contributed by atoms with Crippen LogP contribution in [0.2, 0.25) is 0 Å². The molecule has 1 N–H and O–H groups in total. The van der Waals surface area contributed by atoms with E-state index in [0.29, 0.717) is 0 Å². The van der Waals surface area contributed by atoms with Gasteiger partial charge in [-0.15, -0.1) is 0 Å². The summed E-state index contributed by atoms with van der Waals surface area (Å²) < 4.78 is 0. The molecule has 0 aromatic rings. The lowest BCUT2D eigenvalue weighted by molar-refractivity contribution is 0.341. The monoisotopic (exact) mass is 268 g/mol. The predicted molar refractivity (Wildman–Crippen MR) is 86.5 cm³/mol. The summed E-state index contributed by atoms with van der Waals surface area (Å²) in [5, 5.41) is 8.75. The molecule has 114 valence electrons. The van der Waals surface area contributed by atoms with E-state index in [2.05, 4.69) is 13.8 Å². The highest BCUT2D eigenvalue weighted by Gasteiger charge is 1.94. The van der Waals surface area contributed by atoms with Crippen LogP contribution in [0.1, 0.15) is 97.3 Å². The largest absolute Gasteiger partial charge is 0.392 e. The van der Waals surface area contributed by atoms with E-state index in [1.54, 1.807) is 0 Å². The van der Waals surface area contributed by atoms with Crippen LogP contribution in [0.4, 0.5) is 0 Å². The Morgan fingerprint density at radius 1 is 0.737 bits per heavy atom. The van der Waals surface area contributed by atoms with Gasteiger partial charge in [0.05, 0.1) is 6.61 Å². The van der Waals surface area contributed by atoms with Crippen LogP contribution in [0.15, 0.2) is 11.6 Å². The summed E-state index contributed by atoms with van der Waals surface area (Å²) in [4.78, 5) is 0. The Morgan fingerprint density at radius 2 is 1.16 bits per heavy atom. The van der Waals surface area contributed by atoms with E-state index >= 15 is 0 Å². The summed E-state index contributed by atoms with van der Waals surface area (Å²) in [5.41, 5.74) is 1.34. The zero-order valence-corrected chi connectivity index (χ0v) is 13.4. The van der Waals surface area contributed by atoms with Crippen molar-refractivity contribution < 1.29 is 5.11 Å². The molecule has 0 aromatic carbocycles. The van der Waals surface area contributed by atoms with Crippen molar-refractivity contribution in [3.63, 3.8) is 0 Å². The van der Waals surface area contributed by atoms with Crippen LogP contribution in [0.25, 0.3) is 0 Å². The molecule has 19 heavy (non-hydrogen) atoms. The normalized spacial score (nSPS) is 12.1. The molecule has 0 rings (SSSR count). The summed E-state index contributed by atoms with van der Waals surface area (Å²) in [7, 11) is 0. The summed E-state index contributed by atoms with van der Waals surface area (Å²) in [5.74, 6) is 0. The van der Waals surface area contributed by atoms with Crippen LogP contribution in [0.3, 0.4) is 0 Å². The number of allylic oxidation sites excluding steroid dienone is 1. The van der Waals surface area contributed by atoms with Crippen molar-refractivity contribution in [1.82, 2.24) is 0 Å². The van der Waals surface area contributed by atoms with Crippen molar-refractivity contribution in [2.75, 3.05) is 6.61 Å². The van der Waals surface area contributed by atoms with E-state index in [9.17, 15) is 0 Å². The van der Waals surface area contributed by atoms with E-state index in [1.807, 2.05) is 6.08 Å². The molecule has 1 heteroatoms. The molecule has 0 bridgehead atoms. The summed E-state index contributed by atoms with van der Waals surface area (Å²) in [6.07, 6.45) is 20.0. The average Bonchev–Trinajstić information content (AvgIpc) is 2.40. The van der Waals surface area contributed by atoms with Gasteiger partial charge in [0.25, 0.3) is 0 Å². The first-order valence-corrected chi connectivity index (χ1v) is 8.57. The fourth-order valence-electron chi connectivity index (χ4n) is 2.50. The lowest BCUT2D eigenvalue weighted by Gasteiger charge is -2.03. The lowest BCUT2D eigenvalue weighted by atomic mass is 10.0. The van der Waals surface area contributed by atoms with Gasteiger partial charge >= 0.3 is 0 Å². The Labute approximate surface area is 121 Å². The minimum Gasteiger partial charge on any atom is -0.392 e. The maximum Gasteiger partial charge on any atom is 0.0614 e. The zero-order valence-electron chi connectivity index (χ0n) is 13.4. The van der Waals surface area contributed by atoms with Gasteiger partial charge in [-0.1, -0.05) is 89.2 Å². The minimum absolute atomic E-state index is 0.199. The molecule has 0 aliphatic carbocycles. The second kappa shape index (κ2) is 15.8. The number of hydrogen-bond donors (Lipinski definition) is 1. The fourth-order valence-corrected chi connectivity index (χ4v) is 2.50. The molecule has 1 nitrogen and oxygen atoms in total. The van der Waals surface area contributed by atoms with Crippen LogP contribution in [-0.2, 0) is 0 Å². The van der Waals surface area contributed by atoms with Gasteiger partial charge in [0.15, 0.2) is 0 Å². The number of aliphatic hydroxyl groups is 1. The third-order valence-electron chi connectivity index (χ3n) is 3.86. The van der Waals surface area contributed by atoms with Gasteiger partial charge in [-0.3, -0.25) is 0 Å². The Bertz CT molecular complexity index is 196. The molecule has 0 fully saturated rings. The predicted octanol–water partition coefficient (Wildman–Crippen LogP) is 6.02. The van der Waals surface area contributed by atoms with Gasteiger partial charge in [0.2, 0.25) is 0 Å². The highest BCUT2D eigenvalue weighted by molar-refractivity contribution is 4.97. The van der Waals surface area contributed by atoms with E-state index < -0.39 is 0 Å². The highest BCUT2D eigenvalue weighted by Crippen LogP contribution is 2.13. The van der Waals surface area contributed by atoms with Crippen molar-refractivity contribution in [2.45, 2.75) is 97.3 Å². The lowest BCUT2D eigenvalue weighted by Crippen LogP contribution is -1.84. The van der Waals surface area contributed by atoms with Crippen molar-refractivity contribution in [3.8, 4) is 0 Å². The molecule has 0 unspecified atom stereocenters. The third-order valence-corrected chi connectivity index (χ3v) is 3.86. The van der Waals surface area contributed by atoms with Gasteiger partial charge in [-0.25, -0.2) is 0 Å². The summed E-state index contributed by atoms with van der Waals surface area (Å²) >= 11 is 0. The van der Waals surface area contributed by atoms with Crippen LogP contribution in [0, 0.1) is 0 Å². The van der Waals surface area contributed by atoms with Crippen molar-refractivity contribution in [2.24, 2.45) is 0 Å². The zero-order chi connectivity index (χ0) is 14.2. The third kappa shape index (κ3) is 15.6. The minimum atomic E-state index is 0.199. The second-order valence-electron chi connectivity index (χ2n) is 5.87. The van der Waals surface area contributed by atoms with E-state index in [-0.39, 0.29) is 6.61 Å². The van der Waals surface area contributed by atoms with Crippen LogP contribution in [0.5, 0.6) is 0 Å². The molecule has 0 radical (unpaired) electrons. The van der Waals surface area contributed by atoms with Crippen LogP contribution < -0.4 is 0 Å². The van der Waals surface area contributed by atoms with E-state index in [1.165, 1.54) is 82.6 Å². The highest BCUT2D eigenvalue weighted by atomic mass is 16.2. The first-order chi connectivity index (χ1) is 9.31. The SMILES string of the molecule is CCCCCCCCCCCCCCC(C)=CCO. The van der Waals surface area contributed by atoms with Crippen molar-refractivity contribution in [3.05, 3.63) is 11.6 Å². The quantitative estimate of drug-likeness (QED) is 0.302. The van der Waals surface area contributed by atoms with Gasteiger partial charge in [-0.05, 0) is 19.8 Å². The molecule has 0 saturated carbocycles. The molecule has 0 spiro atoms. The van der Waals surface area contributed by atoms with Gasteiger partial charge in [-0.2, -0.15) is 0 Å². The number of hydrogen-bond acceptors (Lipinski definition) is 1. The number of aliphatic hydroxyl groups excluding tert-OH is 1. The molecule has 0 heterocycles. The molecular weight excluding hydrogens is 232 g/mol. The van der Waals surface area contributed by atoms with Gasteiger partial charge in [0, 0.05) is 0 Å². The average molecular weight is 268 g/mol.